The predicted molar refractivity (Wildman–Crippen MR) is 63.8 cm³/mol. The van der Waals surface area contributed by atoms with Gasteiger partial charge in [-0.3, -0.25) is 11.3 Å². The fourth-order valence-electron chi connectivity index (χ4n) is 1.70. The Morgan fingerprint density at radius 2 is 2.38 bits per heavy atom. The highest BCUT2D eigenvalue weighted by Gasteiger charge is 2.18. The van der Waals surface area contributed by atoms with Crippen LogP contribution in [-0.2, 0) is 17.7 Å². The van der Waals surface area contributed by atoms with Gasteiger partial charge in [0.25, 0.3) is 0 Å². The topological polar surface area (TPSA) is 65.1 Å². The van der Waals surface area contributed by atoms with Gasteiger partial charge in [-0.25, -0.2) is 4.98 Å². The first-order chi connectivity index (χ1) is 7.72. The number of rotatable bonds is 7. The summed E-state index contributed by atoms with van der Waals surface area (Å²) in [4.78, 5) is 4.35. The fraction of sp³-hybridized carbons (Fsp3) is 0.727. The van der Waals surface area contributed by atoms with Crippen LogP contribution in [0.5, 0.6) is 0 Å². The number of nitrogens with two attached hydrogens (primary N) is 1. The van der Waals surface area contributed by atoms with Gasteiger partial charge in [-0.15, -0.1) is 0 Å². The summed E-state index contributed by atoms with van der Waals surface area (Å²) >= 11 is 0. The van der Waals surface area contributed by atoms with Crippen molar-refractivity contribution in [2.24, 2.45) is 5.84 Å². The van der Waals surface area contributed by atoms with E-state index in [4.69, 9.17) is 10.6 Å². The average Bonchev–Trinajstić information content (AvgIpc) is 2.73. The van der Waals surface area contributed by atoms with Crippen molar-refractivity contribution in [1.82, 2.24) is 15.0 Å². The molecule has 2 unspecified atom stereocenters. The van der Waals surface area contributed by atoms with Gasteiger partial charge in [0.1, 0.15) is 5.82 Å². The lowest BCUT2D eigenvalue weighted by Crippen LogP contribution is -2.45. The number of hydrogen-bond acceptors (Lipinski definition) is 4. The molecule has 0 aliphatic heterocycles. The molecule has 1 rings (SSSR count). The highest BCUT2D eigenvalue weighted by atomic mass is 16.5. The summed E-state index contributed by atoms with van der Waals surface area (Å²) in [5.41, 5.74) is 2.78. The average molecular weight is 226 g/mol. The molecule has 1 aromatic heterocycles. The number of aryl methyl sites for hydroxylation is 1. The van der Waals surface area contributed by atoms with Crippen molar-refractivity contribution in [2.45, 2.75) is 45.4 Å². The minimum atomic E-state index is 0.0665. The summed E-state index contributed by atoms with van der Waals surface area (Å²) in [5.74, 6) is 6.57. The summed E-state index contributed by atoms with van der Waals surface area (Å²) in [7, 11) is 1.69. The molecule has 2 atom stereocenters. The molecule has 0 aliphatic rings. The lowest BCUT2D eigenvalue weighted by molar-refractivity contribution is 0.0821. The van der Waals surface area contributed by atoms with Gasteiger partial charge >= 0.3 is 0 Å². The molecule has 3 N–H and O–H groups in total. The predicted octanol–water partition coefficient (Wildman–Crippen LogP) is 0.702. The van der Waals surface area contributed by atoms with Crippen LogP contribution in [-0.4, -0.2) is 28.8 Å². The van der Waals surface area contributed by atoms with Crippen molar-refractivity contribution in [3.63, 3.8) is 0 Å². The molecular weight excluding hydrogens is 204 g/mol. The molecule has 0 bridgehead atoms. The van der Waals surface area contributed by atoms with E-state index in [1.807, 2.05) is 19.3 Å². The zero-order chi connectivity index (χ0) is 12.0. The van der Waals surface area contributed by atoms with Crippen molar-refractivity contribution in [1.29, 1.82) is 0 Å². The third-order valence-corrected chi connectivity index (χ3v) is 2.82. The molecule has 1 heterocycles. The minimum Gasteiger partial charge on any atom is -0.380 e. The highest BCUT2D eigenvalue weighted by molar-refractivity contribution is 4.96. The molecular formula is C11H22N4O. The van der Waals surface area contributed by atoms with E-state index in [0.717, 1.165) is 25.2 Å². The maximum Gasteiger partial charge on any atom is 0.110 e. The van der Waals surface area contributed by atoms with E-state index in [9.17, 15) is 0 Å². The Morgan fingerprint density at radius 1 is 1.62 bits per heavy atom. The zero-order valence-corrected chi connectivity index (χ0v) is 10.3. The summed E-state index contributed by atoms with van der Waals surface area (Å²) in [5, 5.41) is 0. The van der Waals surface area contributed by atoms with Crippen LogP contribution in [0.2, 0.25) is 0 Å². The quantitative estimate of drug-likeness (QED) is 0.530. The molecule has 5 nitrogen and oxygen atoms in total. The number of ether oxygens (including phenoxy) is 1. The molecule has 0 aromatic carbocycles. The molecule has 92 valence electrons. The molecule has 0 fully saturated rings. The van der Waals surface area contributed by atoms with Crippen molar-refractivity contribution in [3.8, 4) is 0 Å². The first kappa shape index (κ1) is 13.2. The summed E-state index contributed by atoms with van der Waals surface area (Å²) in [6.45, 7) is 5.14. The lowest BCUT2D eigenvalue weighted by atomic mass is 10.1. The second-order valence-corrected chi connectivity index (χ2v) is 3.95. The Bertz CT molecular complexity index is 300. The number of nitrogens with zero attached hydrogens (tertiary/aromatic N) is 2. The minimum absolute atomic E-state index is 0.0665. The molecule has 0 aliphatic carbocycles. The molecule has 0 spiro atoms. The molecule has 0 amide bonds. The van der Waals surface area contributed by atoms with Crippen molar-refractivity contribution in [3.05, 3.63) is 18.2 Å². The van der Waals surface area contributed by atoms with Crippen LogP contribution in [0.15, 0.2) is 12.4 Å². The van der Waals surface area contributed by atoms with Gasteiger partial charge in [-0.1, -0.05) is 6.92 Å². The highest BCUT2D eigenvalue weighted by Crippen LogP contribution is 2.07. The van der Waals surface area contributed by atoms with Gasteiger partial charge in [0.05, 0.1) is 12.1 Å². The van der Waals surface area contributed by atoms with Crippen molar-refractivity contribution in [2.75, 3.05) is 7.11 Å². The fourth-order valence-corrected chi connectivity index (χ4v) is 1.70. The van der Waals surface area contributed by atoms with E-state index < -0.39 is 0 Å². The Kier molecular flexibility index (Phi) is 5.45. The molecule has 0 saturated heterocycles. The van der Waals surface area contributed by atoms with E-state index in [1.54, 1.807) is 7.11 Å². The van der Waals surface area contributed by atoms with Gasteiger partial charge in [-0.2, -0.15) is 0 Å². The SMILES string of the molecule is CCCn1ccnc1CC(NN)C(C)OC. The van der Waals surface area contributed by atoms with Crippen LogP contribution < -0.4 is 11.3 Å². The summed E-state index contributed by atoms with van der Waals surface area (Å²) in [6, 6.07) is 0.0861. The Morgan fingerprint density at radius 3 is 2.94 bits per heavy atom. The molecule has 1 aromatic rings. The smallest absolute Gasteiger partial charge is 0.110 e. The number of nitrogens with one attached hydrogen (secondary N) is 1. The maximum absolute atomic E-state index is 5.52. The van der Waals surface area contributed by atoms with E-state index in [1.165, 1.54) is 0 Å². The van der Waals surface area contributed by atoms with Gasteiger partial charge in [0.15, 0.2) is 0 Å². The number of hydrazine groups is 1. The number of imidazole rings is 1. The summed E-state index contributed by atoms with van der Waals surface area (Å²) < 4.78 is 7.43. The third-order valence-electron chi connectivity index (χ3n) is 2.82. The van der Waals surface area contributed by atoms with Crippen LogP contribution >= 0.6 is 0 Å². The first-order valence-corrected chi connectivity index (χ1v) is 5.71. The largest absolute Gasteiger partial charge is 0.380 e. The van der Waals surface area contributed by atoms with Crippen molar-refractivity contribution >= 4 is 0 Å². The van der Waals surface area contributed by atoms with Gasteiger partial charge < -0.3 is 9.30 Å². The van der Waals surface area contributed by atoms with E-state index in [-0.39, 0.29) is 12.1 Å². The van der Waals surface area contributed by atoms with Crippen molar-refractivity contribution < 1.29 is 4.74 Å². The Balaban J connectivity index is 2.66. The molecule has 0 saturated carbocycles. The van der Waals surface area contributed by atoms with Crippen LogP contribution in [0, 0.1) is 0 Å². The maximum atomic E-state index is 5.52. The third kappa shape index (κ3) is 3.30. The second kappa shape index (κ2) is 6.62. The van der Waals surface area contributed by atoms with E-state index >= 15 is 0 Å². The standard InChI is InChI=1S/C11H22N4O/c1-4-6-15-7-5-13-11(15)8-10(14-12)9(2)16-3/h5,7,9-10,14H,4,6,8,12H2,1-3H3. The normalized spacial score (nSPS) is 15.0. The van der Waals surface area contributed by atoms with Gasteiger partial charge in [-0.05, 0) is 13.3 Å². The molecule has 0 radical (unpaired) electrons. The van der Waals surface area contributed by atoms with Crippen LogP contribution in [0.25, 0.3) is 0 Å². The van der Waals surface area contributed by atoms with Gasteiger partial charge in [0, 0.05) is 32.5 Å². The summed E-state index contributed by atoms with van der Waals surface area (Å²) in [6.07, 6.45) is 5.78. The van der Waals surface area contributed by atoms with E-state index in [0.29, 0.717) is 0 Å². The van der Waals surface area contributed by atoms with E-state index in [2.05, 4.69) is 21.9 Å². The molecule has 5 heteroatoms. The number of methoxy groups -OCH3 is 1. The Labute approximate surface area is 97.0 Å². The van der Waals surface area contributed by atoms with Gasteiger partial charge in [0.2, 0.25) is 0 Å². The monoisotopic (exact) mass is 226 g/mol. The Hall–Kier alpha value is -0.910. The van der Waals surface area contributed by atoms with Crippen LogP contribution in [0.3, 0.4) is 0 Å². The number of hydrogen-bond donors (Lipinski definition) is 2. The lowest BCUT2D eigenvalue weighted by Gasteiger charge is -2.21. The second-order valence-electron chi connectivity index (χ2n) is 3.95. The molecule has 16 heavy (non-hydrogen) atoms. The van der Waals surface area contributed by atoms with Crippen LogP contribution in [0.1, 0.15) is 26.1 Å². The van der Waals surface area contributed by atoms with Crippen LogP contribution in [0.4, 0.5) is 0 Å². The zero-order valence-electron chi connectivity index (χ0n) is 10.3. The number of aromatic nitrogens is 2. The first-order valence-electron chi connectivity index (χ1n) is 5.71.